The number of hydrogen-bond donors (Lipinski definition) is 2. The molecule has 1 amide bonds. The van der Waals surface area contributed by atoms with Crippen molar-refractivity contribution in [2.24, 2.45) is 4.99 Å². The van der Waals surface area contributed by atoms with E-state index in [4.69, 9.17) is 4.74 Å². The van der Waals surface area contributed by atoms with Crippen LogP contribution < -0.4 is 10.1 Å². The lowest BCUT2D eigenvalue weighted by Crippen LogP contribution is -2.39. The highest BCUT2D eigenvalue weighted by Gasteiger charge is 2.38. The Kier molecular flexibility index (Phi) is 6.09. The van der Waals surface area contributed by atoms with Gasteiger partial charge in [-0.3, -0.25) is 10.1 Å². The third-order valence-corrected chi connectivity index (χ3v) is 5.37. The number of carbonyl (C=O) groups is 1. The maximum absolute atomic E-state index is 11.9. The highest BCUT2D eigenvalue weighted by molar-refractivity contribution is 6.07. The number of guanidine groups is 1. The molecule has 3 heterocycles. The number of unbranched alkanes of at least 4 members (excludes halogenated alkanes) is 4. The van der Waals surface area contributed by atoms with Crippen LogP contribution >= 0.6 is 0 Å². The quantitative estimate of drug-likeness (QED) is 0.600. The molecule has 2 aliphatic rings. The van der Waals surface area contributed by atoms with Gasteiger partial charge in [0.05, 0.1) is 25.2 Å². The van der Waals surface area contributed by atoms with E-state index in [-0.39, 0.29) is 12.5 Å². The summed E-state index contributed by atoms with van der Waals surface area (Å²) >= 11 is 0. The number of benzene rings is 1. The molecule has 8 heteroatoms. The molecule has 1 atom stereocenters. The highest BCUT2D eigenvalue weighted by atomic mass is 16.5. The minimum absolute atomic E-state index is 0.208. The molecule has 154 valence electrons. The number of fused-ring (bicyclic) bond motifs is 2. The molecule has 4 rings (SSSR count). The van der Waals surface area contributed by atoms with Crippen LogP contribution in [-0.4, -0.2) is 50.7 Å². The van der Waals surface area contributed by atoms with E-state index in [1.807, 2.05) is 36.9 Å². The van der Waals surface area contributed by atoms with Gasteiger partial charge >= 0.3 is 0 Å². The number of imidazole rings is 1. The first-order chi connectivity index (χ1) is 14.2. The maximum atomic E-state index is 11.9. The van der Waals surface area contributed by atoms with Gasteiger partial charge in [0.15, 0.2) is 0 Å². The van der Waals surface area contributed by atoms with E-state index in [1.54, 1.807) is 4.90 Å². The number of aliphatic imine (C=N–C) groups is 1. The van der Waals surface area contributed by atoms with E-state index >= 15 is 0 Å². The van der Waals surface area contributed by atoms with Crippen LogP contribution in [0.1, 0.15) is 37.7 Å². The average molecular weight is 397 g/mol. The predicted octanol–water partition coefficient (Wildman–Crippen LogP) is 2.21. The van der Waals surface area contributed by atoms with E-state index in [0.29, 0.717) is 19.1 Å². The van der Waals surface area contributed by atoms with Crippen molar-refractivity contribution in [3.8, 4) is 5.75 Å². The Morgan fingerprint density at radius 1 is 1.21 bits per heavy atom. The van der Waals surface area contributed by atoms with Gasteiger partial charge in [-0.15, -0.1) is 0 Å². The molecule has 1 aromatic heterocycles. The first-order valence-corrected chi connectivity index (χ1v) is 10.2. The number of rotatable bonds is 10. The van der Waals surface area contributed by atoms with Crippen molar-refractivity contribution in [2.75, 3.05) is 13.2 Å². The molecular weight excluding hydrogens is 370 g/mol. The van der Waals surface area contributed by atoms with Crippen LogP contribution in [0.15, 0.2) is 41.9 Å². The molecule has 2 N–H and O–H groups in total. The van der Waals surface area contributed by atoms with E-state index in [0.717, 1.165) is 36.4 Å². The Labute approximate surface area is 170 Å². The molecule has 2 aromatic rings. The second kappa shape index (κ2) is 9.09. The van der Waals surface area contributed by atoms with E-state index < -0.39 is 6.04 Å². The molecule has 0 saturated carbocycles. The number of hydrogen-bond acceptors (Lipinski definition) is 6. The van der Waals surface area contributed by atoms with Crippen LogP contribution in [0.4, 0.5) is 5.69 Å². The van der Waals surface area contributed by atoms with Gasteiger partial charge in [-0.25, -0.2) is 9.98 Å². The fraction of sp³-hybridized carbons (Fsp3) is 0.476. The van der Waals surface area contributed by atoms with Crippen LogP contribution in [0, 0.1) is 0 Å². The molecule has 1 unspecified atom stereocenters. The molecule has 0 radical (unpaired) electrons. The molecule has 29 heavy (non-hydrogen) atoms. The number of amides is 1. The normalized spacial score (nSPS) is 17.6. The van der Waals surface area contributed by atoms with Gasteiger partial charge in [0, 0.05) is 31.0 Å². The van der Waals surface area contributed by atoms with Gasteiger partial charge in [-0.1, -0.05) is 19.3 Å². The summed E-state index contributed by atoms with van der Waals surface area (Å²) in [5.74, 6) is 1.13. The van der Waals surface area contributed by atoms with Crippen molar-refractivity contribution in [1.29, 1.82) is 0 Å². The molecule has 1 saturated heterocycles. The Bertz CT molecular complexity index is 865. The summed E-state index contributed by atoms with van der Waals surface area (Å²) < 4.78 is 8.03. The molecule has 0 aliphatic carbocycles. The van der Waals surface area contributed by atoms with Crippen LogP contribution in [0.5, 0.6) is 5.75 Å². The molecule has 0 bridgehead atoms. The maximum Gasteiger partial charge on any atom is 0.251 e. The minimum atomic E-state index is -0.569. The van der Waals surface area contributed by atoms with Gasteiger partial charge in [0.25, 0.3) is 5.91 Å². The number of aliphatic hydroxyl groups excluding tert-OH is 1. The highest BCUT2D eigenvalue weighted by Crippen LogP contribution is 2.31. The van der Waals surface area contributed by atoms with Gasteiger partial charge < -0.3 is 19.3 Å². The van der Waals surface area contributed by atoms with E-state index in [1.165, 1.54) is 19.3 Å². The third kappa shape index (κ3) is 4.59. The summed E-state index contributed by atoms with van der Waals surface area (Å²) in [6.07, 6.45) is 11.5. The zero-order valence-electron chi connectivity index (χ0n) is 16.5. The summed E-state index contributed by atoms with van der Waals surface area (Å²) in [5.41, 5.74) is 1.83. The van der Waals surface area contributed by atoms with E-state index in [2.05, 4.69) is 19.9 Å². The zero-order chi connectivity index (χ0) is 20.1. The fourth-order valence-electron chi connectivity index (χ4n) is 3.73. The average Bonchev–Trinajstić information content (AvgIpc) is 3.34. The number of nitrogens with zero attached hydrogens (tertiary/aromatic N) is 4. The lowest BCUT2D eigenvalue weighted by molar-refractivity contribution is -0.122. The molecule has 8 nitrogen and oxygen atoms in total. The summed E-state index contributed by atoms with van der Waals surface area (Å²) in [7, 11) is 0. The number of aromatic nitrogens is 2. The predicted molar refractivity (Wildman–Crippen MR) is 109 cm³/mol. The van der Waals surface area contributed by atoms with Gasteiger partial charge in [-0.2, -0.15) is 0 Å². The molecular formula is C21H27N5O3. The third-order valence-electron chi connectivity index (χ3n) is 5.37. The van der Waals surface area contributed by atoms with Gasteiger partial charge in [-0.05, 0) is 31.0 Å². The van der Waals surface area contributed by atoms with Crippen molar-refractivity contribution in [3.63, 3.8) is 0 Å². The second-order valence-electron chi connectivity index (χ2n) is 7.46. The fourth-order valence-corrected chi connectivity index (χ4v) is 3.73. The summed E-state index contributed by atoms with van der Waals surface area (Å²) in [6.45, 7) is 2.04. The molecule has 1 aromatic carbocycles. The number of aliphatic hydroxyl groups is 1. The Morgan fingerprint density at radius 2 is 2.07 bits per heavy atom. The molecule has 2 aliphatic heterocycles. The Balaban J connectivity index is 1.19. The van der Waals surface area contributed by atoms with Crippen molar-refractivity contribution >= 4 is 17.6 Å². The first kappa shape index (κ1) is 19.4. The number of ether oxygens (including phenoxy) is 1. The Morgan fingerprint density at radius 3 is 2.90 bits per heavy atom. The summed E-state index contributed by atoms with van der Waals surface area (Å²) in [4.78, 5) is 22.2. The SMILES string of the molecule is O=C1NC2=Nc3ccc(OCCCCCCCn4ccnc4)cc3CN2C1CO. The monoisotopic (exact) mass is 397 g/mol. The van der Waals surface area contributed by atoms with Crippen molar-refractivity contribution in [2.45, 2.75) is 51.2 Å². The largest absolute Gasteiger partial charge is 0.494 e. The van der Waals surface area contributed by atoms with Crippen molar-refractivity contribution < 1.29 is 14.6 Å². The number of aryl methyl sites for hydroxylation is 1. The van der Waals surface area contributed by atoms with Crippen LogP contribution in [0.25, 0.3) is 0 Å². The number of carbonyl (C=O) groups excluding carboxylic acids is 1. The summed E-state index contributed by atoms with van der Waals surface area (Å²) in [5, 5.41) is 12.2. The molecule has 0 spiro atoms. The van der Waals surface area contributed by atoms with Crippen LogP contribution in [-0.2, 0) is 17.9 Å². The lowest BCUT2D eigenvalue weighted by Gasteiger charge is -2.27. The van der Waals surface area contributed by atoms with Gasteiger partial charge in [0.1, 0.15) is 11.8 Å². The van der Waals surface area contributed by atoms with Crippen molar-refractivity contribution in [3.05, 3.63) is 42.5 Å². The topological polar surface area (TPSA) is 92.0 Å². The van der Waals surface area contributed by atoms with E-state index in [9.17, 15) is 9.90 Å². The smallest absolute Gasteiger partial charge is 0.251 e. The Hall–Kier alpha value is -2.87. The first-order valence-electron chi connectivity index (χ1n) is 10.2. The summed E-state index contributed by atoms with van der Waals surface area (Å²) in [6, 6.07) is 5.26. The van der Waals surface area contributed by atoms with Crippen LogP contribution in [0.3, 0.4) is 0 Å². The standard InChI is InChI=1S/C21H27N5O3/c27-14-19-20(28)24-21-23-18-7-6-17(12-16(18)13-26(19)21)29-11-5-3-1-2-4-9-25-10-8-22-15-25/h6-8,10,12,15,19,27H,1-5,9,11,13-14H2,(H,23,24,28). The van der Waals surface area contributed by atoms with Crippen molar-refractivity contribution in [1.82, 2.24) is 19.8 Å². The molecule has 1 fully saturated rings. The second-order valence-corrected chi connectivity index (χ2v) is 7.46. The lowest BCUT2D eigenvalue weighted by atomic mass is 10.1. The van der Waals surface area contributed by atoms with Gasteiger partial charge in [0.2, 0.25) is 5.96 Å². The zero-order valence-corrected chi connectivity index (χ0v) is 16.5. The van der Waals surface area contributed by atoms with Crippen LogP contribution in [0.2, 0.25) is 0 Å². The minimum Gasteiger partial charge on any atom is -0.494 e. The number of nitrogens with one attached hydrogen (secondary N) is 1.